The summed E-state index contributed by atoms with van der Waals surface area (Å²) < 4.78 is 122. The number of oxazole rings is 1. The van der Waals surface area contributed by atoms with Crippen molar-refractivity contribution in [3.63, 3.8) is 0 Å². The number of carbonyl (C=O) groups is 8. The molecule has 0 saturated carbocycles. The molecule has 0 radical (unpaired) electrons. The van der Waals surface area contributed by atoms with E-state index >= 15 is 4.39 Å². The fourth-order valence-corrected chi connectivity index (χ4v) is 32.5. The van der Waals surface area contributed by atoms with Gasteiger partial charge < -0.3 is 51.1 Å². The molecule has 140 heavy (non-hydrogen) atoms. The molecule has 0 saturated heterocycles. The number of furan rings is 2. The van der Waals surface area contributed by atoms with Gasteiger partial charge in [-0.3, -0.25) is 4.39 Å². The fraction of sp³-hybridized carbons (Fsp3) is 0.349. The maximum absolute atomic E-state index is 15.1. The van der Waals surface area contributed by atoms with Crippen molar-refractivity contribution in [1.82, 2.24) is 9.97 Å². The topological polar surface area (TPSA) is 276 Å². The zero-order valence-corrected chi connectivity index (χ0v) is 94.7. The van der Waals surface area contributed by atoms with Gasteiger partial charge in [-0.25, -0.2) is 61.5 Å². The monoisotopic (exact) mass is 2290 g/mol. The van der Waals surface area contributed by atoms with E-state index in [4.69, 9.17) is 36.9 Å². The second kappa shape index (κ2) is 56.3. The molecule has 4 aromatic heterocycles. The number of ether oxygens (including phenoxy) is 8. The number of methoxy groups -OCH3 is 4. The summed E-state index contributed by atoms with van der Waals surface area (Å²) in [5.74, 6) is -5.03. The zero-order valence-electron chi connectivity index (χ0n) is 83.3. The van der Waals surface area contributed by atoms with Crippen molar-refractivity contribution in [2.75, 3.05) is 28.4 Å². The number of rotatable bonds is 28. The van der Waals surface area contributed by atoms with Crippen molar-refractivity contribution in [3.05, 3.63) is 323 Å². The van der Waals surface area contributed by atoms with Gasteiger partial charge in [0.15, 0.2) is 4.67 Å². The third kappa shape index (κ3) is 37.0. The number of aryl methyl sites for hydroxylation is 1. The summed E-state index contributed by atoms with van der Waals surface area (Å²) in [5, 5.41) is 1.94. The summed E-state index contributed by atoms with van der Waals surface area (Å²) in [7, 11) is 5.10. The Morgan fingerprint density at radius 1 is 0.400 bits per heavy atom. The van der Waals surface area contributed by atoms with E-state index in [9.17, 15) is 51.5 Å². The number of nitrogens with zero attached hydrogens (tertiary/aromatic N) is 2. The molecule has 21 nitrogen and oxygen atoms in total. The first-order valence-corrected chi connectivity index (χ1v) is 63.0. The van der Waals surface area contributed by atoms with Crippen molar-refractivity contribution in [1.29, 1.82) is 0 Å². The van der Waals surface area contributed by atoms with Gasteiger partial charge in [-0.05, 0) is 237 Å². The number of halogens is 7. The molecule has 0 aliphatic carbocycles. The van der Waals surface area contributed by atoms with Crippen LogP contribution in [0.25, 0.3) is 44.5 Å². The molecular weight excluding hydrogens is 2170 g/mol. The van der Waals surface area contributed by atoms with Gasteiger partial charge in [0.25, 0.3) is 0 Å². The summed E-state index contributed by atoms with van der Waals surface area (Å²) in [4.78, 5) is 104. The molecule has 0 spiro atoms. The molecule has 0 aliphatic heterocycles. The molecule has 0 fully saturated rings. The molecule has 12 rings (SSSR count). The van der Waals surface area contributed by atoms with Gasteiger partial charge in [-0.15, -0.1) is 17.4 Å². The third-order valence-electron chi connectivity index (χ3n) is 20.5. The number of carbonyl (C=O) groups excluding carboxylic acids is 8. The number of thiazole rings is 1. The Morgan fingerprint density at radius 3 is 1.09 bits per heavy atom. The van der Waals surface area contributed by atoms with Crippen LogP contribution >= 0.6 is 56.8 Å². The molecule has 0 unspecified atom stereocenters. The molecule has 31 heteroatoms. The van der Waals surface area contributed by atoms with E-state index in [0.29, 0.717) is 113 Å². The van der Waals surface area contributed by atoms with Crippen LogP contribution in [0.1, 0.15) is 278 Å². The third-order valence-corrected chi connectivity index (χ3v) is 40.2. The second-order valence-electron chi connectivity index (χ2n) is 36.2. The molecular formula is C109H123Br3F4N2O19SSnZn. The Bertz CT molecular complexity index is 6130. The Morgan fingerprint density at radius 2 is 0.750 bits per heavy atom. The van der Waals surface area contributed by atoms with Crippen LogP contribution in [0.3, 0.4) is 0 Å². The minimum absolute atomic E-state index is 0.0981. The average Bonchev–Trinajstić information content (AvgIpc) is 0.831. The van der Waals surface area contributed by atoms with E-state index in [2.05, 4.69) is 104 Å². The van der Waals surface area contributed by atoms with Crippen molar-refractivity contribution < 1.29 is 123 Å². The molecule has 0 amide bonds. The predicted molar refractivity (Wildman–Crippen MR) is 547 cm³/mol. The van der Waals surface area contributed by atoms with Crippen LogP contribution < -0.4 is 0 Å². The normalized spacial score (nSPS) is 11.1. The summed E-state index contributed by atoms with van der Waals surface area (Å²) in [6, 6.07) is 50.1. The standard InChI is InChI=1S/C27H29FO5.C23H21BrFNO5.C23H22FNO4S.C18H18FO2.C6H5BrO3.4C3H7.BrH.Sn.Zn/c1-6-9-23-19(16-24(32-23)26(30)31-5)14-18-13-12-17(15-22(18)28)20-10-7-8-11-21(20)25(29)33-27(2,3)4;1-23(2,3)31-21(27)16-8-6-5-7-15(16)13-9-10-14(17(25)11-13)12-18-19(24)30-20(26-18)22(28)29-4;1-23(2,3)29-21(26)18-8-6-5-7-17(18)14-9-10-15(19(24)12-14)11-16-13-30-20(25-16)22(27)28-4;1-12-9-10-13(11-16(12)19)14-7-5-6-8-15(14)17(20)21-18(2,3)4;1-9-6(8)5-2-4(7)3-10-5;4*1-3-2;;;/h7-8,10-13,15-16H,6,9,14H2,1-5H3;5-11H,12H2,1-4H3;5-10,12-13H,11H2,1-4H3;5-11H,1H2,2-4H3;2-3H,1H3;4*1,3H2,2H3;1H;;/q;;;-1;;;;;;;;+2/p-1. The van der Waals surface area contributed by atoms with Crippen LogP contribution in [0.4, 0.5) is 17.6 Å². The maximum atomic E-state index is 15.1. The number of benzene rings is 8. The predicted octanol–water partition coefficient (Wildman–Crippen LogP) is 29.6. The van der Waals surface area contributed by atoms with Crippen LogP contribution in [0, 0.1) is 30.2 Å². The molecule has 4 heterocycles. The van der Waals surface area contributed by atoms with E-state index in [1.807, 2.05) is 27.7 Å². The first-order valence-electron chi connectivity index (χ1n) is 45.5. The van der Waals surface area contributed by atoms with Crippen molar-refractivity contribution in [2.45, 2.75) is 216 Å². The molecule has 0 aliphatic rings. The molecule has 8 aromatic carbocycles. The average molecular weight is 2300 g/mol. The second-order valence-corrected chi connectivity index (χ2v) is 53.0. The van der Waals surface area contributed by atoms with E-state index in [1.165, 1.54) is 101 Å². The molecule has 0 N–H and O–H groups in total. The van der Waals surface area contributed by atoms with Gasteiger partial charge in [0, 0.05) is 42.9 Å². The number of aromatic nitrogens is 2. The van der Waals surface area contributed by atoms with Crippen LogP contribution in [0.5, 0.6) is 0 Å². The van der Waals surface area contributed by atoms with E-state index < -0.39 is 112 Å². The molecule has 744 valence electrons. The summed E-state index contributed by atoms with van der Waals surface area (Å²) in [6.45, 7) is 36.7. The van der Waals surface area contributed by atoms with Crippen LogP contribution in [-0.4, -0.2) is 127 Å². The SMILES string of the molecule is CCCc1oc(C(=O)OC)cc1Cc1ccc(-c2ccccc2C(=O)OC(C)(C)C)cc1F.CC[CH2][Sn]([CH2]CC)([CH2]CC)[CH2]CC.COC(=O)c1cc(Br)co1.COC(=O)c1nc(Cc2ccc(-c3ccccc3C(=O)OC(C)(C)C)cc2F)c(Br)o1.COC(=O)c1nc(Cc2ccc(-c3ccccc3C(=O)OC(C)(C)C)cc2F)cs1.[CH2-]c1ccc(-c2ccccc2C(=O)OC(C)(C)C)cc1F.[Zn+][Br]. The Kier molecular flexibility index (Phi) is 47.5. The quantitative estimate of drug-likeness (QED) is 0.0145. The fourth-order valence-electron chi connectivity index (χ4n) is 14.7. The number of hydrogen-bond donors (Lipinski definition) is 0. The molecule has 0 bridgehead atoms. The van der Waals surface area contributed by atoms with Gasteiger partial charge in [0.05, 0.1) is 66.6 Å². The number of hydrogen-bond acceptors (Lipinski definition) is 22. The van der Waals surface area contributed by atoms with Crippen molar-refractivity contribution in [3.8, 4) is 44.5 Å². The van der Waals surface area contributed by atoms with E-state index in [-0.39, 0.29) is 46.4 Å². The Balaban J connectivity index is 0.000000266. The first kappa shape index (κ1) is 118. The summed E-state index contributed by atoms with van der Waals surface area (Å²) in [6.07, 6.45) is 9.31. The Hall–Kier alpha value is -10.6. The van der Waals surface area contributed by atoms with Gasteiger partial charge in [0.2, 0.25) is 16.5 Å². The summed E-state index contributed by atoms with van der Waals surface area (Å²) >= 11 is 10.2. The number of esters is 8. The van der Waals surface area contributed by atoms with Gasteiger partial charge in [-0.1, -0.05) is 122 Å². The van der Waals surface area contributed by atoms with Crippen molar-refractivity contribution >= 4 is 123 Å². The minimum atomic E-state index is -1.56. The van der Waals surface area contributed by atoms with Gasteiger partial charge >= 0.3 is 173 Å². The van der Waals surface area contributed by atoms with Crippen LogP contribution in [0.2, 0.25) is 17.7 Å². The summed E-state index contributed by atoms with van der Waals surface area (Å²) in [5.41, 5.74) is 7.04. The van der Waals surface area contributed by atoms with E-state index in [1.54, 1.807) is 243 Å². The van der Waals surface area contributed by atoms with Crippen LogP contribution in [-0.2, 0) is 79.9 Å². The van der Waals surface area contributed by atoms with Crippen LogP contribution in [0.15, 0.2) is 216 Å². The first-order chi connectivity index (χ1) is 66.1. The Labute approximate surface area is 860 Å². The molecule has 0 atom stereocenters. The van der Waals surface area contributed by atoms with Crippen molar-refractivity contribution in [2.24, 2.45) is 0 Å². The van der Waals surface area contributed by atoms with Gasteiger partial charge in [0.1, 0.15) is 51.9 Å². The zero-order chi connectivity index (χ0) is 104. The van der Waals surface area contributed by atoms with Gasteiger partial charge in [-0.2, -0.15) is 18.6 Å². The molecule has 12 aromatic rings. The van der Waals surface area contributed by atoms with E-state index in [0.717, 1.165) is 27.8 Å².